The average Bonchev–Trinajstić information content (AvgIpc) is 2.77. The smallest absolute Gasteiger partial charge is 0.383 e. The number of nitrogens with one attached hydrogen (secondary N) is 1. The molecule has 9 heteroatoms. The third kappa shape index (κ3) is 4.53. The number of hydrogen-bond acceptors (Lipinski definition) is 4. The van der Waals surface area contributed by atoms with E-state index < -0.39 is 17.7 Å². The summed E-state index contributed by atoms with van der Waals surface area (Å²) in [5.41, 5.74) is 1.40. The van der Waals surface area contributed by atoms with Gasteiger partial charge in [-0.05, 0) is 54.4 Å². The maximum atomic E-state index is 13.3. The van der Waals surface area contributed by atoms with E-state index in [9.17, 15) is 22.4 Å². The Balaban J connectivity index is 1.64. The summed E-state index contributed by atoms with van der Waals surface area (Å²) in [6.07, 6.45) is -4.22. The first-order valence-corrected chi connectivity index (χ1v) is 10.5. The van der Waals surface area contributed by atoms with Crippen molar-refractivity contribution in [1.29, 1.82) is 0 Å². The molecular formula is C23H25F4N3O2. The number of anilines is 2. The van der Waals surface area contributed by atoms with E-state index in [1.807, 2.05) is 4.90 Å². The van der Waals surface area contributed by atoms with Gasteiger partial charge in [0.1, 0.15) is 5.82 Å². The molecule has 1 N–H and O–H groups in total. The number of methoxy groups -OCH3 is 1. The highest BCUT2D eigenvalue weighted by Gasteiger charge is 2.42. The van der Waals surface area contributed by atoms with Crippen LogP contribution >= 0.6 is 0 Å². The first-order valence-electron chi connectivity index (χ1n) is 10.5. The maximum Gasteiger partial charge on any atom is 0.416 e. The number of halogens is 4. The summed E-state index contributed by atoms with van der Waals surface area (Å²) in [7, 11) is 1.53. The molecule has 0 saturated carbocycles. The molecule has 2 heterocycles. The van der Waals surface area contributed by atoms with Crippen LogP contribution in [0.2, 0.25) is 0 Å². The quantitative estimate of drug-likeness (QED) is 0.559. The number of carbonyl (C=O) groups is 1. The second-order valence-corrected chi connectivity index (χ2v) is 8.12. The lowest BCUT2D eigenvalue weighted by molar-refractivity contribution is -0.137. The molecule has 32 heavy (non-hydrogen) atoms. The van der Waals surface area contributed by atoms with Crippen molar-refractivity contribution in [3.63, 3.8) is 0 Å². The van der Waals surface area contributed by atoms with Crippen molar-refractivity contribution in [3.05, 3.63) is 59.4 Å². The molecule has 1 saturated heterocycles. The molecule has 4 rings (SSSR count). The monoisotopic (exact) mass is 451 g/mol. The van der Waals surface area contributed by atoms with Crippen molar-refractivity contribution < 1.29 is 27.1 Å². The summed E-state index contributed by atoms with van der Waals surface area (Å²) in [5, 5.41) is 2.84. The molecule has 2 aromatic carbocycles. The number of alkyl halides is 3. The minimum atomic E-state index is -4.44. The predicted molar refractivity (Wildman–Crippen MR) is 113 cm³/mol. The Bertz CT molecular complexity index is 965. The summed E-state index contributed by atoms with van der Waals surface area (Å²) in [6, 6.07) is 9.74. The summed E-state index contributed by atoms with van der Waals surface area (Å²) in [4.78, 5) is 17.2. The largest absolute Gasteiger partial charge is 0.416 e. The predicted octanol–water partition coefficient (Wildman–Crippen LogP) is 3.47. The molecule has 0 aliphatic carbocycles. The van der Waals surface area contributed by atoms with Crippen LogP contribution in [0.5, 0.6) is 0 Å². The molecule has 1 amide bonds. The number of hydrogen-bond donors (Lipinski definition) is 1. The summed E-state index contributed by atoms with van der Waals surface area (Å²) >= 11 is 0. The number of nitrogens with zero attached hydrogens (tertiary/aromatic N) is 2. The number of piperazine rings is 1. The van der Waals surface area contributed by atoms with Crippen LogP contribution in [0.3, 0.4) is 0 Å². The Morgan fingerprint density at radius 2 is 1.91 bits per heavy atom. The average molecular weight is 451 g/mol. The molecule has 2 aliphatic heterocycles. The van der Waals surface area contributed by atoms with Crippen molar-refractivity contribution >= 4 is 17.3 Å². The lowest BCUT2D eigenvalue weighted by atomic mass is 9.82. The second-order valence-electron chi connectivity index (χ2n) is 8.12. The van der Waals surface area contributed by atoms with E-state index in [1.165, 1.54) is 25.3 Å². The van der Waals surface area contributed by atoms with E-state index in [-0.39, 0.29) is 24.2 Å². The molecule has 0 radical (unpaired) electrons. The molecule has 5 nitrogen and oxygen atoms in total. The van der Waals surface area contributed by atoms with E-state index in [0.29, 0.717) is 38.3 Å². The topological polar surface area (TPSA) is 44.8 Å². The van der Waals surface area contributed by atoms with Crippen LogP contribution in [-0.4, -0.2) is 51.8 Å². The van der Waals surface area contributed by atoms with Gasteiger partial charge in [0.15, 0.2) is 0 Å². The van der Waals surface area contributed by atoms with Crippen LogP contribution in [-0.2, 0) is 22.1 Å². The number of fused-ring (bicyclic) bond motifs is 3. The number of amides is 1. The van der Waals surface area contributed by atoms with Gasteiger partial charge in [-0.2, -0.15) is 13.2 Å². The van der Waals surface area contributed by atoms with E-state index >= 15 is 0 Å². The number of carbonyl (C=O) groups excluding carboxylic acids is 1. The van der Waals surface area contributed by atoms with Gasteiger partial charge in [-0.1, -0.05) is 0 Å². The zero-order chi connectivity index (χ0) is 22.9. The minimum Gasteiger partial charge on any atom is -0.383 e. The van der Waals surface area contributed by atoms with Crippen LogP contribution in [0, 0.1) is 11.7 Å². The molecule has 2 aromatic rings. The number of rotatable bonds is 5. The first kappa shape index (κ1) is 22.4. The minimum absolute atomic E-state index is 0.207. The molecule has 0 aromatic heterocycles. The highest BCUT2D eigenvalue weighted by atomic mass is 19.4. The Morgan fingerprint density at radius 3 is 2.59 bits per heavy atom. The molecule has 2 unspecified atom stereocenters. The normalized spacial score (nSPS) is 20.5. The van der Waals surface area contributed by atoms with Gasteiger partial charge in [-0.15, -0.1) is 0 Å². The fourth-order valence-corrected chi connectivity index (χ4v) is 4.59. The van der Waals surface area contributed by atoms with Gasteiger partial charge in [0.25, 0.3) is 0 Å². The zero-order valence-corrected chi connectivity index (χ0v) is 17.7. The van der Waals surface area contributed by atoms with Crippen molar-refractivity contribution in [2.75, 3.05) is 49.7 Å². The van der Waals surface area contributed by atoms with E-state index in [0.717, 1.165) is 23.5 Å². The molecule has 2 atom stereocenters. The molecule has 0 spiro atoms. The number of benzene rings is 2. The van der Waals surface area contributed by atoms with Crippen LogP contribution in [0.4, 0.5) is 28.9 Å². The number of ether oxygens (including phenoxy) is 1. The third-order valence-electron chi connectivity index (χ3n) is 6.17. The van der Waals surface area contributed by atoms with E-state index in [1.54, 1.807) is 12.1 Å². The zero-order valence-electron chi connectivity index (χ0n) is 17.7. The standard InChI is InChI=1S/C23H25F4N3O2/c1-32-11-8-28-22(31)19-13-15-12-16(23(25,26)27)2-7-20(15)30-10-9-29(14-21(19)30)18-5-3-17(24)4-6-18/h2-7,12,19,21H,8-11,13-14H2,1H3,(H,28,31). The van der Waals surface area contributed by atoms with Crippen molar-refractivity contribution in [2.24, 2.45) is 5.92 Å². The van der Waals surface area contributed by atoms with E-state index in [4.69, 9.17) is 4.74 Å². The van der Waals surface area contributed by atoms with Gasteiger partial charge in [0.2, 0.25) is 5.91 Å². The van der Waals surface area contributed by atoms with Gasteiger partial charge in [0.05, 0.1) is 24.1 Å². The fraction of sp³-hybridized carbons (Fsp3) is 0.435. The Kier molecular flexibility index (Phi) is 6.28. The third-order valence-corrected chi connectivity index (χ3v) is 6.17. The Hall–Kier alpha value is -2.81. The van der Waals surface area contributed by atoms with Crippen molar-refractivity contribution in [1.82, 2.24) is 5.32 Å². The van der Waals surface area contributed by atoms with Gasteiger partial charge in [-0.3, -0.25) is 4.79 Å². The molecular weight excluding hydrogens is 426 g/mol. The molecule has 0 bridgehead atoms. The highest BCUT2D eigenvalue weighted by molar-refractivity contribution is 5.82. The SMILES string of the molecule is COCCNC(=O)C1Cc2cc(C(F)(F)F)ccc2N2CCN(c3ccc(F)cc3)CC12. The van der Waals surface area contributed by atoms with Gasteiger partial charge in [-0.25, -0.2) is 4.39 Å². The maximum absolute atomic E-state index is 13.3. The summed E-state index contributed by atoms with van der Waals surface area (Å²) in [6.45, 7) is 2.34. The van der Waals surface area contributed by atoms with Crippen molar-refractivity contribution in [2.45, 2.75) is 18.6 Å². The van der Waals surface area contributed by atoms with Crippen LogP contribution in [0.15, 0.2) is 42.5 Å². The fourth-order valence-electron chi connectivity index (χ4n) is 4.59. The second kappa shape index (κ2) is 8.97. The lowest BCUT2D eigenvalue weighted by Gasteiger charge is -2.49. The summed E-state index contributed by atoms with van der Waals surface area (Å²) < 4.78 is 58.2. The Labute approximate surface area is 183 Å². The first-order chi connectivity index (χ1) is 15.3. The highest BCUT2D eigenvalue weighted by Crippen LogP contribution is 2.40. The molecule has 2 aliphatic rings. The van der Waals surface area contributed by atoms with Gasteiger partial charge >= 0.3 is 6.18 Å². The Morgan fingerprint density at radius 1 is 1.16 bits per heavy atom. The molecule has 172 valence electrons. The van der Waals surface area contributed by atoms with Crippen LogP contribution in [0.1, 0.15) is 11.1 Å². The summed E-state index contributed by atoms with van der Waals surface area (Å²) in [5.74, 6) is -1.05. The van der Waals surface area contributed by atoms with Gasteiger partial charge in [0, 0.05) is 44.7 Å². The van der Waals surface area contributed by atoms with Crippen LogP contribution in [0.25, 0.3) is 0 Å². The lowest BCUT2D eigenvalue weighted by Crippen LogP contribution is -2.61. The van der Waals surface area contributed by atoms with Crippen LogP contribution < -0.4 is 15.1 Å². The van der Waals surface area contributed by atoms with Gasteiger partial charge < -0.3 is 19.9 Å². The molecule has 1 fully saturated rings. The van der Waals surface area contributed by atoms with E-state index in [2.05, 4.69) is 10.2 Å². The van der Waals surface area contributed by atoms with Crippen molar-refractivity contribution in [3.8, 4) is 0 Å².